The van der Waals surface area contributed by atoms with Crippen LogP contribution in [0.2, 0.25) is 0 Å². The number of carbonyl (C=O) groups excluding carboxylic acids is 1. The van der Waals surface area contributed by atoms with Crippen molar-refractivity contribution in [2.75, 3.05) is 29.9 Å². The molecule has 0 saturated carbocycles. The van der Waals surface area contributed by atoms with Crippen molar-refractivity contribution in [1.29, 1.82) is 0 Å². The van der Waals surface area contributed by atoms with Crippen molar-refractivity contribution in [3.63, 3.8) is 0 Å². The molecule has 136 valence electrons. The number of anilines is 2. The number of nitrogens with one attached hydrogen (secondary N) is 1. The Bertz CT molecular complexity index is 764. The van der Waals surface area contributed by atoms with Crippen molar-refractivity contribution in [1.82, 2.24) is 0 Å². The van der Waals surface area contributed by atoms with E-state index in [1.165, 1.54) is 42.5 Å². The lowest BCUT2D eigenvalue weighted by molar-refractivity contribution is -0.118. The first kappa shape index (κ1) is 17.0. The summed E-state index contributed by atoms with van der Waals surface area (Å²) in [7, 11) is 0. The predicted molar refractivity (Wildman–Crippen MR) is 105 cm³/mol. The van der Waals surface area contributed by atoms with Crippen LogP contribution in [0.15, 0.2) is 42.5 Å². The molecule has 1 heterocycles. The summed E-state index contributed by atoms with van der Waals surface area (Å²) in [4.78, 5) is 14.6. The Morgan fingerprint density at radius 3 is 2.50 bits per heavy atom. The van der Waals surface area contributed by atoms with E-state index >= 15 is 0 Å². The van der Waals surface area contributed by atoms with Gasteiger partial charge < -0.3 is 15.0 Å². The van der Waals surface area contributed by atoms with Crippen LogP contribution in [0.5, 0.6) is 5.75 Å². The number of ether oxygens (including phenoxy) is 1. The highest BCUT2D eigenvalue weighted by Gasteiger charge is 2.13. The quantitative estimate of drug-likeness (QED) is 0.879. The van der Waals surface area contributed by atoms with Gasteiger partial charge in [-0.3, -0.25) is 4.79 Å². The highest BCUT2D eigenvalue weighted by molar-refractivity contribution is 5.92. The van der Waals surface area contributed by atoms with Crippen LogP contribution in [-0.2, 0) is 17.6 Å². The van der Waals surface area contributed by atoms with Gasteiger partial charge in [0.1, 0.15) is 5.75 Å². The molecule has 4 heteroatoms. The highest BCUT2D eigenvalue weighted by Crippen LogP contribution is 2.26. The second kappa shape index (κ2) is 7.81. The van der Waals surface area contributed by atoms with E-state index in [9.17, 15) is 4.79 Å². The second-order valence-electron chi connectivity index (χ2n) is 7.22. The van der Waals surface area contributed by atoms with Gasteiger partial charge in [-0.1, -0.05) is 6.07 Å². The lowest BCUT2D eigenvalue weighted by Crippen LogP contribution is -2.29. The van der Waals surface area contributed by atoms with Crippen molar-refractivity contribution in [2.45, 2.75) is 38.5 Å². The summed E-state index contributed by atoms with van der Waals surface area (Å²) >= 11 is 0. The molecule has 1 amide bonds. The van der Waals surface area contributed by atoms with E-state index in [0.29, 0.717) is 0 Å². The van der Waals surface area contributed by atoms with Gasteiger partial charge in [-0.25, -0.2) is 0 Å². The third-order valence-corrected chi connectivity index (χ3v) is 5.31. The molecule has 2 aromatic carbocycles. The van der Waals surface area contributed by atoms with Gasteiger partial charge in [-0.15, -0.1) is 0 Å². The molecule has 1 aliphatic heterocycles. The molecule has 0 radical (unpaired) electrons. The summed E-state index contributed by atoms with van der Waals surface area (Å²) in [6.07, 6.45) is 7.34. The summed E-state index contributed by atoms with van der Waals surface area (Å²) in [5, 5.41) is 2.91. The molecular weight excluding hydrogens is 324 g/mol. The Morgan fingerprint density at radius 2 is 1.69 bits per heavy atom. The third kappa shape index (κ3) is 4.01. The monoisotopic (exact) mass is 350 g/mol. The van der Waals surface area contributed by atoms with E-state index in [2.05, 4.69) is 34.5 Å². The van der Waals surface area contributed by atoms with Crippen LogP contribution < -0.4 is 15.0 Å². The molecule has 0 spiro atoms. The van der Waals surface area contributed by atoms with Gasteiger partial charge in [0.05, 0.1) is 0 Å². The van der Waals surface area contributed by atoms with Crippen LogP contribution in [0.3, 0.4) is 0 Å². The molecule has 1 N–H and O–H groups in total. The molecule has 1 fully saturated rings. The Hall–Kier alpha value is -2.49. The minimum absolute atomic E-state index is 0.0344. The first-order chi connectivity index (χ1) is 12.8. The average molecular weight is 350 g/mol. The number of piperidine rings is 1. The highest BCUT2D eigenvalue weighted by atomic mass is 16.5. The zero-order chi connectivity index (χ0) is 17.8. The number of carbonyl (C=O) groups is 1. The van der Waals surface area contributed by atoms with Gasteiger partial charge in [0.2, 0.25) is 0 Å². The Balaban J connectivity index is 1.29. The number of aryl methyl sites for hydroxylation is 2. The number of amides is 1. The smallest absolute Gasteiger partial charge is 0.262 e. The van der Waals surface area contributed by atoms with Crippen LogP contribution in [0.25, 0.3) is 0 Å². The summed E-state index contributed by atoms with van der Waals surface area (Å²) < 4.78 is 5.66. The van der Waals surface area contributed by atoms with Gasteiger partial charge in [0, 0.05) is 24.5 Å². The standard InChI is InChI=1S/C22H26N2O2/c25-22(16-26-21-12-7-17-5-4-6-18(17)15-21)23-19-8-10-20(11-9-19)24-13-2-1-3-14-24/h7-12,15H,1-6,13-14,16H2,(H,23,25). The van der Waals surface area contributed by atoms with E-state index < -0.39 is 0 Å². The Kier molecular flexibility index (Phi) is 5.09. The maximum absolute atomic E-state index is 12.2. The SMILES string of the molecule is O=C(COc1ccc2c(c1)CCC2)Nc1ccc(N2CCCCC2)cc1. The number of nitrogens with zero attached hydrogens (tertiary/aromatic N) is 1. The maximum Gasteiger partial charge on any atom is 0.262 e. The van der Waals surface area contributed by atoms with E-state index in [1.54, 1.807) is 0 Å². The van der Waals surface area contributed by atoms with Crippen molar-refractivity contribution in [2.24, 2.45) is 0 Å². The van der Waals surface area contributed by atoms with Gasteiger partial charge >= 0.3 is 0 Å². The topological polar surface area (TPSA) is 41.6 Å². The number of hydrogen-bond donors (Lipinski definition) is 1. The van der Waals surface area contributed by atoms with Crippen molar-refractivity contribution >= 4 is 17.3 Å². The number of benzene rings is 2. The second-order valence-corrected chi connectivity index (χ2v) is 7.22. The first-order valence-electron chi connectivity index (χ1n) is 9.67. The molecular formula is C22H26N2O2. The average Bonchev–Trinajstić information content (AvgIpc) is 3.15. The molecule has 4 nitrogen and oxygen atoms in total. The molecule has 0 atom stereocenters. The number of hydrogen-bond acceptors (Lipinski definition) is 3. The number of fused-ring (bicyclic) bond motifs is 1. The molecule has 2 aliphatic rings. The van der Waals surface area contributed by atoms with E-state index in [-0.39, 0.29) is 12.5 Å². The van der Waals surface area contributed by atoms with Crippen LogP contribution in [0.1, 0.15) is 36.8 Å². The van der Waals surface area contributed by atoms with Gasteiger partial charge in [-0.05, 0) is 86.1 Å². The first-order valence-corrected chi connectivity index (χ1v) is 9.67. The molecule has 0 bridgehead atoms. The fourth-order valence-electron chi connectivity index (χ4n) is 3.89. The zero-order valence-corrected chi connectivity index (χ0v) is 15.2. The zero-order valence-electron chi connectivity index (χ0n) is 15.2. The summed E-state index contributed by atoms with van der Waals surface area (Å²) in [6.45, 7) is 2.29. The molecule has 2 aromatic rings. The molecule has 1 aliphatic carbocycles. The normalized spacial score (nSPS) is 16.2. The van der Waals surface area contributed by atoms with Crippen LogP contribution in [0, 0.1) is 0 Å². The van der Waals surface area contributed by atoms with Gasteiger partial charge in [0.25, 0.3) is 5.91 Å². The van der Waals surface area contributed by atoms with Crippen LogP contribution in [0.4, 0.5) is 11.4 Å². The van der Waals surface area contributed by atoms with Gasteiger partial charge in [0.15, 0.2) is 6.61 Å². The van der Waals surface area contributed by atoms with E-state index in [0.717, 1.165) is 37.4 Å². The fourth-order valence-corrected chi connectivity index (χ4v) is 3.89. The summed E-state index contributed by atoms with van der Waals surface area (Å²) in [5.41, 5.74) is 4.82. The van der Waals surface area contributed by atoms with Gasteiger partial charge in [-0.2, -0.15) is 0 Å². The molecule has 0 unspecified atom stereocenters. The third-order valence-electron chi connectivity index (χ3n) is 5.31. The van der Waals surface area contributed by atoms with E-state index in [4.69, 9.17) is 4.74 Å². The maximum atomic E-state index is 12.2. The molecule has 26 heavy (non-hydrogen) atoms. The summed E-state index contributed by atoms with van der Waals surface area (Å²) in [6, 6.07) is 14.3. The number of rotatable bonds is 5. The Morgan fingerprint density at radius 1 is 0.923 bits per heavy atom. The minimum Gasteiger partial charge on any atom is -0.484 e. The van der Waals surface area contributed by atoms with E-state index in [1.807, 2.05) is 18.2 Å². The fraction of sp³-hybridized carbons (Fsp3) is 0.409. The largest absolute Gasteiger partial charge is 0.484 e. The molecule has 1 saturated heterocycles. The predicted octanol–water partition coefficient (Wildman–Crippen LogP) is 4.18. The van der Waals surface area contributed by atoms with Crippen LogP contribution >= 0.6 is 0 Å². The van der Waals surface area contributed by atoms with Crippen molar-refractivity contribution in [3.05, 3.63) is 53.6 Å². The molecule has 0 aromatic heterocycles. The Labute approximate surface area is 155 Å². The van der Waals surface area contributed by atoms with Crippen molar-refractivity contribution < 1.29 is 9.53 Å². The minimum atomic E-state index is -0.128. The van der Waals surface area contributed by atoms with Crippen molar-refractivity contribution in [3.8, 4) is 5.75 Å². The summed E-state index contributed by atoms with van der Waals surface area (Å²) in [5.74, 6) is 0.650. The lowest BCUT2D eigenvalue weighted by atomic mass is 10.1. The lowest BCUT2D eigenvalue weighted by Gasteiger charge is -2.28. The molecule has 4 rings (SSSR count). The van der Waals surface area contributed by atoms with Crippen LogP contribution in [-0.4, -0.2) is 25.6 Å².